The molecule has 0 amide bonds. The highest BCUT2D eigenvalue weighted by molar-refractivity contribution is 7.99. The number of fused-ring (bicyclic) bond motifs is 1. The molecule has 7 nitrogen and oxygen atoms in total. The summed E-state index contributed by atoms with van der Waals surface area (Å²) in [5, 5.41) is 0.963. The van der Waals surface area contributed by atoms with E-state index >= 15 is 0 Å². The first-order valence-corrected chi connectivity index (χ1v) is 9.00. The second kappa shape index (κ2) is 7.48. The molecule has 2 aromatic heterocycles. The number of rotatable bonds is 7. The number of unbranched alkanes of at least 4 members (excludes halogenated alkanes) is 2. The van der Waals surface area contributed by atoms with E-state index in [9.17, 15) is 0 Å². The zero-order chi connectivity index (χ0) is 16.9. The molecular weight excluding hydrogens is 322 g/mol. The molecule has 0 aliphatic rings. The molecule has 0 atom stereocenters. The number of hydrogen-bond acceptors (Lipinski definition) is 7. The van der Waals surface area contributed by atoms with Gasteiger partial charge < -0.3 is 16.0 Å². The van der Waals surface area contributed by atoms with E-state index in [2.05, 4.69) is 26.4 Å². The van der Waals surface area contributed by atoms with Crippen LogP contribution in [0.4, 0.5) is 11.9 Å². The number of hydrogen-bond donors (Lipinski definition) is 2. The molecule has 0 saturated carbocycles. The lowest BCUT2D eigenvalue weighted by Gasteiger charge is -2.08. The summed E-state index contributed by atoms with van der Waals surface area (Å²) in [4.78, 5) is 16.9. The van der Waals surface area contributed by atoms with Gasteiger partial charge in [0.2, 0.25) is 11.9 Å². The second-order valence-corrected chi connectivity index (χ2v) is 6.55. The summed E-state index contributed by atoms with van der Waals surface area (Å²) in [6.07, 6.45) is 3.62. The van der Waals surface area contributed by atoms with Gasteiger partial charge in [0.15, 0.2) is 11.0 Å². The van der Waals surface area contributed by atoms with E-state index in [0.29, 0.717) is 12.4 Å². The molecule has 24 heavy (non-hydrogen) atoms. The normalized spacial score (nSPS) is 11.2. The van der Waals surface area contributed by atoms with Crippen LogP contribution >= 0.6 is 11.8 Å². The average molecular weight is 343 g/mol. The number of nitrogen functional groups attached to an aromatic ring is 2. The molecule has 3 aromatic rings. The van der Waals surface area contributed by atoms with Crippen LogP contribution in [-0.4, -0.2) is 30.3 Å². The molecule has 0 radical (unpaired) electrons. The Hall–Kier alpha value is -2.35. The highest BCUT2D eigenvalue weighted by Crippen LogP contribution is 2.25. The van der Waals surface area contributed by atoms with E-state index in [4.69, 9.17) is 16.5 Å². The van der Waals surface area contributed by atoms with Crippen molar-refractivity contribution in [3.63, 3.8) is 0 Å². The standard InChI is InChI=1S/C16H21N7S/c1-2-3-6-9-24-16-19-11-7-4-5-8-12(11)23(16)10-13-20-14(17)22-15(18)21-13/h4-5,7-8H,2-3,6,9-10H2,1H3,(H4,17,18,20,21,22). The Kier molecular flexibility index (Phi) is 5.14. The zero-order valence-electron chi connectivity index (χ0n) is 13.6. The largest absolute Gasteiger partial charge is 0.368 e. The van der Waals surface area contributed by atoms with Crippen molar-refractivity contribution in [1.29, 1.82) is 0 Å². The Morgan fingerprint density at radius 3 is 2.50 bits per heavy atom. The molecule has 4 N–H and O–H groups in total. The molecule has 126 valence electrons. The van der Waals surface area contributed by atoms with Gasteiger partial charge in [-0.05, 0) is 18.6 Å². The zero-order valence-corrected chi connectivity index (χ0v) is 14.5. The Bertz CT molecular complexity index is 810. The summed E-state index contributed by atoms with van der Waals surface area (Å²) in [5.74, 6) is 1.86. The van der Waals surface area contributed by atoms with Crippen LogP contribution in [0.2, 0.25) is 0 Å². The van der Waals surface area contributed by atoms with E-state index in [1.54, 1.807) is 11.8 Å². The number of benzene rings is 1. The molecule has 2 heterocycles. The summed E-state index contributed by atoms with van der Waals surface area (Å²) in [5.41, 5.74) is 13.4. The maximum Gasteiger partial charge on any atom is 0.225 e. The van der Waals surface area contributed by atoms with Gasteiger partial charge in [0, 0.05) is 5.75 Å². The minimum absolute atomic E-state index is 0.138. The van der Waals surface area contributed by atoms with E-state index in [1.165, 1.54) is 19.3 Å². The third kappa shape index (κ3) is 3.76. The fraction of sp³-hybridized carbons (Fsp3) is 0.375. The number of thioether (sulfide) groups is 1. The van der Waals surface area contributed by atoms with Crippen LogP contribution in [-0.2, 0) is 6.54 Å². The summed E-state index contributed by atoms with van der Waals surface area (Å²) in [7, 11) is 0. The molecule has 8 heteroatoms. The lowest BCUT2D eigenvalue weighted by atomic mass is 10.3. The maximum atomic E-state index is 5.68. The molecule has 0 fully saturated rings. The first kappa shape index (κ1) is 16.5. The molecule has 0 spiro atoms. The van der Waals surface area contributed by atoms with Crippen LogP contribution in [0, 0.1) is 0 Å². The van der Waals surface area contributed by atoms with Gasteiger partial charge >= 0.3 is 0 Å². The molecular formula is C16H21N7S. The van der Waals surface area contributed by atoms with Gasteiger partial charge in [0.1, 0.15) is 0 Å². The summed E-state index contributed by atoms with van der Waals surface area (Å²) >= 11 is 1.76. The Labute approximate surface area is 144 Å². The Balaban J connectivity index is 1.91. The molecule has 0 aliphatic carbocycles. The van der Waals surface area contributed by atoms with E-state index in [0.717, 1.165) is 21.9 Å². The van der Waals surface area contributed by atoms with Crippen LogP contribution in [0.1, 0.15) is 32.0 Å². The Morgan fingerprint density at radius 1 is 1.00 bits per heavy atom. The maximum absolute atomic E-state index is 5.68. The lowest BCUT2D eigenvalue weighted by Crippen LogP contribution is -2.11. The van der Waals surface area contributed by atoms with Crippen LogP contribution in [0.25, 0.3) is 11.0 Å². The molecule has 0 aliphatic heterocycles. The van der Waals surface area contributed by atoms with Crippen LogP contribution in [0.5, 0.6) is 0 Å². The fourth-order valence-electron chi connectivity index (χ4n) is 2.50. The molecule has 1 aromatic carbocycles. The first-order valence-electron chi connectivity index (χ1n) is 8.01. The van der Waals surface area contributed by atoms with Gasteiger partial charge in [0.05, 0.1) is 17.6 Å². The van der Waals surface area contributed by atoms with Gasteiger partial charge in [-0.15, -0.1) is 0 Å². The second-order valence-electron chi connectivity index (χ2n) is 5.49. The number of para-hydroxylation sites is 2. The van der Waals surface area contributed by atoms with Crippen molar-refractivity contribution in [2.45, 2.75) is 37.9 Å². The van der Waals surface area contributed by atoms with Gasteiger partial charge in [0.25, 0.3) is 0 Å². The van der Waals surface area contributed by atoms with E-state index in [1.807, 2.05) is 24.3 Å². The smallest absolute Gasteiger partial charge is 0.225 e. The monoisotopic (exact) mass is 343 g/mol. The molecule has 0 bridgehead atoms. The summed E-state index contributed by atoms with van der Waals surface area (Å²) < 4.78 is 2.11. The lowest BCUT2D eigenvalue weighted by molar-refractivity contribution is 0.690. The molecule has 3 rings (SSSR count). The predicted octanol–water partition coefficient (Wildman–Crippen LogP) is 2.72. The third-order valence-corrected chi connectivity index (χ3v) is 4.68. The SMILES string of the molecule is CCCCCSc1nc2ccccc2n1Cc1nc(N)nc(N)n1. The van der Waals surface area contributed by atoms with Gasteiger partial charge in [-0.25, -0.2) is 4.98 Å². The van der Waals surface area contributed by atoms with Crippen LogP contribution in [0.15, 0.2) is 29.4 Å². The summed E-state index contributed by atoms with van der Waals surface area (Å²) in [6, 6.07) is 8.05. The molecule has 0 saturated heterocycles. The van der Waals surface area contributed by atoms with Gasteiger partial charge in [-0.1, -0.05) is 43.7 Å². The molecule has 0 unspecified atom stereocenters. The predicted molar refractivity (Wildman–Crippen MR) is 97.7 cm³/mol. The number of nitrogens with zero attached hydrogens (tertiary/aromatic N) is 5. The number of anilines is 2. The quantitative estimate of drug-likeness (QED) is 0.501. The van der Waals surface area contributed by atoms with Crippen molar-refractivity contribution in [1.82, 2.24) is 24.5 Å². The Morgan fingerprint density at radius 2 is 1.75 bits per heavy atom. The number of imidazole rings is 1. The van der Waals surface area contributed by atoms with Crippen LogP contribution in [0.3, 0.4) is 0 Å². The fourth-order valence-corrected chi connectivity index (χ4v) is 3.51. The topological polar surface area (TPSA) is 109 Å². The first-order chi connectivity index (χ1) is 11.7. The highest BCUT2D eigenvalue weighted by atomic mass is 32.2. The number of aromatic nitrogens is 5. The third-order valence-electron chi connectivity index (χ3n) is 3.61. The van der Waals surface area contributed by atoms with Crippen molar-refractivity contribution >= 4 is 34.7 Å². The van der Waals surface area contributed by atoms with E-state index in [-0.39, 0.29) is 11.9 Å². The summed E-state index contributed by atoms with van der Waals surface area (Å²) in [6.45, 7) is 2.67. The number of nitrogens with two attached hydrogens (primary N) is 2. The van der Waals surface area contributed by atoms with Crippen molar-refractivity contribution in [2.75, 3.05) is 17.2 Å². The minimum atomic E-state index is 0.138. The van der Waals surface area contributed by atoms with Crippen molar-refractivity contribution in [2.24, 2.45) is 0 Å². The van der Waals surface area contributed by atoms with Crippen LogP contribution < -0.4 is 11.5 Å². The minimum Gasteiger partial charge on any atom is -0.368 e. The van der Waals surface area contributed by atoms with Crippen molar-refractivity contribution < 1.29 is 0 Å². The van der Waals surface area contributed by atoms with Gasteiger partial charge in [-0.2, -0.15) is 15.0 Å². The van der Waals surface area contributed by atoms with Gasteiger partial charge in [-0.3, -0.25) is 0 Å². The highest BCUT2D eigenvalue weighted by Gasteiger charge is 2.13. The van der Waals surface area contributed by atoms with Crippen molar-refractivity contribution in [3.8, 4) is 0 Å². The van der Waals surface area contributed by atoms with Crippen molar-refractivity contribution in [3.05, 3.63) is 30.1 Å². The van der Waals surface area contributed by atoms with E-state index < -0.39 is 0 Å². The average Bonchev–Trinajstić information content (AvgIpc) is 2.89.